The Kier molecular flexibility index (Phi) is 10.7. The fourth-order valence-electron chi connectivity index (χ4n) is 7.45. The number of pyridine rings is 1. The van der Waals surface area contributed by atoms with Crippen LogP contribution in [-0.4, -0.2) is 19.6 Å². The number of nitrogens with zero attached hydrogens (tertiary/aromatic N) is 3. The quantitative estimate of drug-likeness (QED) is 0.162. The van der Waals surface area contributed by atoms with Crippen LogP contribution in [0.25, 0.3) is 61.6 Å². The Labute approximate surface area is 345 Å². The minimum Gasteiger partial charge on any atom is -0.507 e. The predicted molar refractivity (Wildman–Crippen MR) is 228 cm³/mol. The predicted octanol–water partition coefficient (Wildman–Crippen LogP) is 12.8. The van der Waals surface area contributed by atoms with E-state index in [4.69, 9.17) is 9.97 Å². The zero-order chi connectivity index (χ0) is 38.3. The Balaban J connectivity index is 0.00000480. The van der Waals surface area contributed by atoms with Crippen LogP contribution in [0.5, 0.6) is 5.75 Å². The van der Waals surface area contributed by atoms with E-state index in [0.717, 1.165) is 62.2 Å². The zero-order valence-corrected chi connectivity index (χ0v) is 35.0. The van der Waals surface area contributed by atoms with Crippen molar-refractivity contribution in [2.45, 2.75) is 58.8 Å². The van der Waals surface area contributed by atoms with Gasteiger partial charge in [0.15, 0.2) is 0 Å². The summed E-state index contributed by atoms with van der Waals surface area (Å²) in [5.74, 6) is 0.951. The minimum absolute atomic E-state index is 0. The molecule has 0 aliphatic rings. The van der Waals surface area contributed by atoms with Crippen molar-refractivity contribution >= 4 is 11.0 Å². The second-order valence-corrected chi connectivity index (χ2v) is 16.4. The number of para-hydroxylation sites is 2. The number of fused-ring (bicyclic) bond motifs is 1. The average molecular weight is 912 g/mol. The second kappa shape index (κ2) is 15.5. The number of aromatic hydroxyl groups is 1. The van der Waals surface area contributed by atoms with Crippen molar-refractivity contribution in [1.29, 1.82) is 0 Å². The standard InChI is InChI=1S/C51H46N3O.Pt/c1-50(2,3)39-32-43(48(55)44(33-39)51(4,5)6)49-53-47-42(24-17-26-46(47)54(49)40-21-11-8-12-22-40)37-29-36(30-38(31-37)45-25-15-16-27-52-45)41-23-14-13-20-35(41)28-34-18-9-7-10-19-34;/h7-27,29-30,32-33,55H,28H2,1-6H3;/q-1;. The van der Waals surface area contributed by atoms with Crippen LogP contribution < -0.4 is 0 Å². The van der Waals surface area contributed by atoms with E-state index < -0.39 is 0 Å². The molecule has 0 radical (unpaired) electrons. The van der Waals surface area contributed by atoms with Crippen molar-refractivity contribution in [3.63, 3.8) is 0 Å². The molecule has 6 aromatic carbocycles. The number of phenolic OH excluding ortho intramolecular Hbond substituents is 1. The number of imidazole rings is 1. The van der Waals surface area contributed by atoms with Crippen LogP contribution in [-0.2, 0) is 38.3 Å². The summed E-state index contributed by atoms with van der Waals surface area (Å²) in [4.78, 5) is 10.2. The molecule has 0 saturated carbocycles. The maximum atomic E-state index is 12.1. The van der Waals surface area contributed by atoms with Crippen molar-refractivity contribution in [1.82, 2.24) is 14.5 Å². The van der Waals surface area contributed by atoms with Crippen molar-refractivity contribution in [2.24, 2.45) is 0 Å². The van der Waals surface area contributed by atoms with E-state index in [1.54, 1.807) is 0 Å². The molecule has 0 bridgehead atoms. The first-order valence-corrected chi connectivity index (χ1v) is 19.0. The topological polar surface area (TPSA) is 50.9 Å². The number of hydrogen-bond acceptors (Lipinski definition) is 3. The molecular formula is C51H46N3OPt-. The summed E-state index contributed by atoms with van der Waals surface area (Å²) in [6, 6.07) is 54.4. The molecular weight excluding hydrogens is 866 g/mol. The molecule has 0 aliphatic heterocycles. The molecule has 8 rings (SSSR count). The largest absolute Gasteiger partial charge is 0.507 e. The fraction of sp³-hybridized carbons (Fsp3) is 0.176. The fourth-order valence-corrected chi connectivity index (χ4v) is 7.45. The molecule has 0 amide bonds. The SMILES string of the molecule is CC(C)(C)c1cc(-c2nc3c(-c4[c-]c(-c5ccccn5)cc(-c5ccccc5Cc5ccccc5)c4)cccc3n2-c2ccccc2)c(O)c(C(C)(C)C)c1.[Pt]. The molecule has 0 fully saturated rings. The van der Waals surface area contributed by atoms with Gasteiger partial charge >= 0.3 is 0 Å². The first-order valence-electron chi connectivity index (χ1n) is 19.0. The van der Waals surface area contributed by atoms with E-state index in [1.165, 1.54) is 16.7 Å². The van der Waals surface area contributed by atoms with Crippen LogP contribution in [0.2, 0.25) is 0 Å². The number of hydrogen-bond donors (Lipinski definition) is 1. The van der Waals surface area contributed by atoms with Gasteiger partial charge in [0.05, 0.1) is 16.6 Å². The molecule has 0 unspecified atom stereocenters. The average Bonchev–Trinajstić information content (AvgIpc) is 3.58. The van der Waals surface area contributed by atoms with E-state index in [9.17, 15) is 5.11 Å². The summed E-state index contributed by atoms with van der Waals surface area (Å²) in [5.41, 5.74) is 13.5. The molecule has 2 heterocycles. The van der Waals surface area contributed by atoms with Gasteiger partial charge in [-0.25, -0.2) is 4.98 Å². The number of benzene rings is 6. The van der Waals surface area contributed by atoms with Crippen LogP contribution in [0.4, 0.5) is 0 Å². The van der Waals surface area contributed by atoms with Crippen LogP contribution in [0.15, 0.2) is 152 Å². The van der Waals surface area contributed by atoms with Gasteiger partial charge in [0.2, 0.25) is 0 Å². The third-order valence-electron chi connectivity index (χ3n) is 10.4. The Morgan fingerprint density at radius 1 is 0.625 bits per heavy atom. The normalized spacial score (nSPS) is 11.8. The molecule has 0 spiro atoms. The summed E-state index contributed by atoms with van der Waals surface area (Å²) < 4.78 is 2.19. The smallest absolute Gasteiger partial charge is 0.148 e. The van der Waals surface area contributed by atoms with Crippen molar-refractivity contribution < 1.29 is 26.2 Å². The molecule has 8 aromatic rings. The van der Waals surface area contributed by atoms with E-state index in [-0.39, 0.29) is 37.6 Å². The number of phenols is 1. The Morgan fingerprint density at radius 3 is 1.98 bits per heavy atom. The molecule has 56 heavy (non-hydrogen) atoms. The van der Waals surface area contributed by atoms with E-state index in [0.29, 0.717) is 11.4 Å². The van der Waals surface area contributed by atoms with Crippen LogP contribution in [0.1, 0.15) is 63.8 Å². The van der Waals surface area contributed by atoms with Gasteiger partial charge in [0.1, 0.15) is 11.6 Å². The first kappa shape index (κ1) is 38.7. The molecule has 282 valence electrons. The minimum atomic E-state index is -0.289. The number of rotatable bonds is 7. The molecule has 2 aromatic heterocycles. The van der Waals surface area contributed by atoms with Crippen LogP contribution in [0, 0.1) is 6.07 Å². The number of aromatic nitrogens is 3. The molecule has 0 atom stereocenters. The summed E-state index contributed by atoms with van der Waals surface area (Å²) in [7, 11) is 0. The van der Waals surface area contributed by atoms with Gasteiger partial charge in [0, 0.05) is 44.2 Å². The van der Waals surface area contributed by atoms with E-state index in [2.05, 4.69) is 161 Å². The Hall–Kier alpha value is -5.57. The van der Waals surface area contributed by atoms with Crippen LogP contribution in [0.3, 0.4) is 0 Å². The van der Waals surface area contributed by atoms with E-state index in [1.807, 2.05) is 42.6 Å². The molecule has 5 heteroatoms. The monoisotopic (exact) mass is 911 g/mol. The van der Waals surface area contributed by atoms with Gasteiger partial charge < -0.3 is 5.11 Å². The Morgan fingerprint density at radius 2 is 1.29 bits per heavy atom. The molecule has 0 aliphatic carbocycles. The molecule has 0 saturated heterocycles. The van der Waals surface area contributed by atoms with Crippen molar-refractivity contribution in [3.05, 3.63) is 180 Å². The maximum Gasteiger partial charge on any atom is 0.148 e. The van der Waals surface area contributed by atoms with Gasteiger partial charge in [-0.05, 0) is 69.8 Å². The summed E-state index contributed by atoms with van der Waals surface area (Å²) in [5, 5.41) is 12.1. The maximum absolute atomic E-state index is 12.1. The first-order chi connectivity index (χ1) is 26.5. The van der Waals surface area contributed by atoms with Gasteiger partial charge in [-0.1, -0.05) is 161 Å². The molecule has 4 nitrogen and oxygen atoms in total. The summed E-state index contributed by atoms with van der Waals surface area (Å²) >= 11 is 0. The summed E-state index contributed by atoms with van der Waals surface area (Å²) in [6.45, 7) is 13.1. The zero-order valence-electron chi connectivity index (χ0n) is 32.7. The third-order valence-corrected chi connectivity index (χ3v) is 10.4. The molecule has 1 N–H and O–H groups in total. The van der Waals surface area contributed by atoms with E-state index >= 15 is 0 Å². The second-order valence-electron chi connectivity index (χ2n) is 16.4. The summed E-state index contributed by atoms with van der Waals surface area (Å²) in [6.07, 6.45) is 2.65. The van der Waals surface area contributed by atoms with Crippen molar-refractivity contribution in [3.8, 4) is 56.3 Å². The van der Waals surface area contributed by atoms with Crippen molar-refractivity contribution in [2.75, 3.05) is 0 Å². The Bertz CT molecular complexity index is 2630. The van der Waals surface area contributed by atoms with Gasteiger partial charge in [-0.2, -0.15) is 0 Å². The van der Waals surface area contributed by atoms with Crippen LogP contribution >= 0.6 is 0 Å². The third kappa shape index (κ3) is 7.64. The van der Waals surface area contributed by atoms with Gasteiger partial charge in [0.25, 0.3) is 0 Å². The van der Waals surface area contributed by atoms with Gasteiger partial charge in [-0.3, -0.25) is 9.55 Å². The van der Waals surface area contributed by atoms with Gasteiger partial charge in [-0.15, -0.1) is 23.8 Å².